The van der Waals surface area contributed by atoms with Crippen molar-refractivity contribution in [2.45, 2.75) is 51.2 Å². The number of ether oxygens (including phenoxy) is 1. The maximum Gasteiger partial charge on any atom is 0.123 e. The Morgan fingerprint density at radius 2 is 2.05 bits per heavy atom. The van der Waals surface area contributed by atoms with Gasteiger partial charge in [-0.15, -0.1) is 0 Å². The number of nitrogens with one attached hydrogen (secondary N) is 1. The van der Waals surface area contributed by atoms with E-state index in [1.807, 2.05) is 0 Å². The van der Waals surface area contributed by atoms with Crippen molar-refractivity contribution in [1.82, 2.24) is 5.32 Å². The largest absolute Gasteiger partial charge is 0.496 e. The van der Waals surface area contributed by atoms with Crippen LogP contribution in [0.25, 0.3) is 0 Å². The van der Waals surface area contributed by atoms with Crippen LogP contribution in [0.15, 0.2) is 18.2 Å². The first-order chi connectivity index (χ1) is 9.04. The summed E-state index contributed by atoms with van der Waals surface area (Å²) in [5.41, 5.74) is 1.84. The number of benzene rings is 1. The molecule has 0 saturated heterocycles. The maximum atomic E-state index is 10.4. The molecular formula is C16H25NO2. The second-order valence-corrected chi connectivity index (χ2v) is 5.78. The van der Waals surface area contributed by atoms with Gasteiger partial charge in [-0.05, 0) is 38.3 Å². The summed E-state index contributed by atoms with van der Waals surface area (Å²) >= 11 is 0. The van der Waals surface area contributed by atoms with E-state index in [2.05, 4.69) is 37.4 Å². The van der Waals surface area contributed by atoms with E-state index in [1.54, 1.807) is 7.11 Å². The molecule has 3 nitrogen and oxygen atoms in total. The highest BCUT2D eigenvalue weighted by molar-refractivity contribution is 5.39. The Bertz CT molecular complexity index is 425. The van der Waals surface area contributed by atoms with Crippen LogP contribution >= 0.6 is 0 Å². The molecule has 1 aliphatic rings. The summed E-state index contributed by atoms with van der Waals surface area (Å²) in [6.45, 7) is 4.84. The van der Waals surface area contributed by atoms with Crippen molar-refractivity contribution in [1.29, 1.82) is 0 Å². The minimum Gasteiger partial charge on any atom is -0.496 e. The molecule has 2 rings (SSSR count). The van der Waals surface area contributed by atoms with Crippen molar-refractivity contribution in [3.05, 3.63) is 29.3 Å². The van der Waals surface area contributed by atoms with E-state index in [4.69, 9.17) is 4.74 Å². The van der Waals surface area contributed by atoms with Crippen LogP contribution in [-0.2, 0) is 0 Å². The Hall–Kier alpha value is -1.06. The topological polar surface area (TPSA) is 41.5 Å². The van der Waals surface area contributed by atoms with Crippen molar-refractivity contribution in [2.24, 2.45) is 0 Å². The fourth-order valence-electron chi connectivity index (χ4n) is 2.84. The van der Waals surface area contributed by atoms with Crippen LogP contribution in [0.2, 0.25) is 0 Å². The van der Waals surface area contributed by atoms with Crippen molar-refractivity contribution >= 4 is 0 Å². The zero-order valence-electron chi connectivity index (χ0n) is 12.2. The first kappa shape index (κ1) is 14.4. The number of methoxy groups -OCH3 is 1. The van der Waals surface area contributed by atoms with E-state index in [0.717, 1.165) is 37.0 Å². The zero-order chi connectivity index (χ0) is 13.9. The van der Waals surface area contributed by atoms with Gasteiger partial charge >= 0.3 is 0 Å². The Balaban J connectivity index is 2.01. The minimum absolute atomic E-state index is 0.181. The predicted molar refractivity (Wildman–Crippen MR) is 77.6 cm³/mol. The van der Waals surface area contributed by atoms with Gasteiger partial charge in [-0.1, -0.05) is 25.0 Å². The Morgan fingerprint density at radius 3 is 2.68 bits per heavy atom. The van der Waals surface area contributed by atoms with E-state index < -0.39 is 5.60 Å². The first-order valence-corrected chi connectivity index (χ1v) is 7.14. The van der Waals surface area contributed by atoms with Crippen LogP contribution in [0.3, 0.4) is 0 Å². The second kappa shape index (κ2) is 5.93. The van der Waals surface area contributed by atoms with Gasteiger partial charge in [-0.2, -0.15) is 0 Å². The third-order valence-electron chi connectivity index (χ3n) is 4.13. The predicted octanol–water partition coefficient (Wildman–Crippen LogP) is 2.96. The van der Waals surface area contributed by atoms with Crippen molar-refractivity contribution < 1.29 is 9.84 Å². The lowest BCUT2D eigenvalue weighted by molar-refractivity contribution is 0.0453. The molecule has 1 atom stereocenters. The molecule has 1 saturated carbocycles. The highest BCUT2D eigenvalue weighted by Gasteiger charge is 2.31. The number of hydrogen-bond donors (Lipinski definition) is 2. The lowest BCUT2D eigenvalue weighted by Gasteiger charge is -2.26. The Labute approximate surface area is 116 Å². The quantitative estimate of drug-likeness (QED) is 0.858. The van der Waals surface area contributed by atoms with Crippen LogP contribution in [0, 0.1) is 6.92 Å². The number of hydrogen-bond acceptors (Lipinski definition) is 3. The van der Waals surface area contributed by atoms with Crippen LogP contribution in [-0.4, -0.2) is 24.4 Å². The van der Waals surface area contributed by atoms with Gasteiger partial charge in [0.1, 0.15) is 5.75 Å². The van der Waals surface area contributed by atoms with Gasteiger partial charge in [-0.25, -0.2) is 0 Å². The second-order valence-electron chi connectivity index (χ2n) is 5.78. The summed E-state index contributed by atoms with van der Waals surface area (Å²) in [6.07, 6.45) is 4.11. The molecule has 0 bridgehead atoms. The average Bonchev–Trinajstić information content (AvgIpc) is 2.83. The highest BCUT2D eigenvalue weighted by atomic mass is 16.5. The summed E-state index contributed by atoms with van der Waals surface area (Å²) in [7, 11) is 1.70. The molecule has 0 amide bonds. The number of aryl methyl sites for hydroxylation is 1. The van der Waals surface area contributed by atoms with E-state index in [9.17, 15) is 5.11 Å². The standard InChI is InChI=1S/C16H25NO2/c1-12-6-7-14(15(10-12)19-3)13(2)17-11-16(18)8-4-5-9-16/h6-7,10,13,17-18H,4-5,8-9,11H2,1-3H3. The molecule has 1 fully saturated rings. The highest BCUT2D eigenvalue weighted by Crippen LogP contribution is 2.30. The summed E-state index contributed by atoms with van der Waals surface area (Å²) in [5, 5.41) is 13.8. The summed E-state index contributed by atoms with van der Waals surface area (Å²) < 4.78 is 5.44. The maximum absolute atomic E-state index is 10.4. The summed E-state index contributed by atoms with van der Waals surface area (Å²) in [4.78, 5) is 0. The van der Waals surface area contributed by atoms with Crippen LogP contribution < -0.4 is 10.1 Å². The molecule has 2 N–H and O–H groups in total. The Kier molecular flexibility index (Phi) is 4.48. The number of aliphatic hydroxyl groups is 1. The normalized spacial score (nSPS) is 19.4. The van der Waals surface area contributed by atoms with Gasteiger partial charge < -0.3 is 15.2 Å². The van der Waals surface area contributed by atoms with Gasteiger partial charge in [-0.3, -0.25) is 0 Å². The minimum atomic E-state index is -0.508. The van der Waals surface area contributed by atoms with Gasteiger partial charge in [0.15, 0.2) is 0 Å². The van der Waals surface area contributed by atoms with Crippen LogP contribution in [0.1, 0.15) is 49.8 Å². The zero-order valence-corrected chi connectivity index (χ0v) is 12.2. The van der Waals surface area contributed by atoms with Gasteiger partial charge in [0, 0.05) is 18.2 Å². The Morgan fingerprint density at radius 1 is 1.37 bits per heavy atom. The molecule has 1 aromatic carbocycles. The van der Waals surface area contributed by atoms with Crippen molar-refractivity contribution in [3.63, 3.8) is 0 Å². The lowest BCUT2D eigenvalue weighted by atomic mass is 10.0. The summed E-state index contributed by atoms with van der Waals surface area (Å²) in [5.74, 6) is 0.915. The molecule has 0 radical (unpaired) electrons. The monoisotopic (exact) mass is 263 g/mol. The molecule has 1 aliphatic carbocycles. The molecule has 1 aromatic rings. The van der Waals surface area contributed by atoms with Crippen LogP contribution in [0.5, 0.6) is 5.75 Å². The molecule has 0 aliphatic heterocycles. The molecule has 3 heteroatoms. The molecule has 1 unspecified atom stereocenters. The average molecular weight is 263 g/mol. The van der Waals surface area contributed by atoms with Crippen LogP contribution in [0.4, 0.5) is 0 Å². The number of rotatable bonds is 5. The first-order valence-electron chi connectivity index (χ1n) is 7.14. The molecule has 19 heavy (non-hydrogen) atoms. The van der Waals surface area contributed by atoms with E-state index >= 15 is 0 Å². The molecule has 106 valence electrons. The smallest absolute Gasteiger partial charge is 0.123 e. The van der Waals surface area contributed by atoms with Crippen molar-refractivity contribution in [3.8, 4) is 5.75 Å². The van der Waals surface area contributed by atoms with E-state index in [-0.39, 0.29) is 6.04 Å². The lowest BCUT2D eigenvalue weighted by Crippen LogP contribution is -2.39. The van der Waals surface area contributed by atoms with E-state index in [1.165, 1.54) is 5.56 Å². The SMILES string of the molecule is COc1cc(C)ccc1C(C)NCC1(O)CCCC1. The molecule has 0 aromatic heterocycles. The van der Waals surface area contributed by atoms with Gasteiger partial charge in [0.25, 0.3) is 0 Å². The van der Waals surface area contributed by atoms with Gasteiger partial charge in [0.2, 0.25) is 0 Å². The molecule has 0 spiro atoms. The fourth-order valence-corrected chi connectivity index (χ4v) is 2.84. The molecule has 0 heterocycles. The summed E-state index contributed by atoms with van der Waals surface area (Å²) in [6, 6.07) is 6.43. The van der Waals surface area contributed by atoms with Gasteiger partial charge in [0.05, 0.1) is 12.7 Å². The fraction of sp³-hybridized carbons (Fsp3) is 0.625. The third-order valence-corrected chi connectivity index (χ3v) is 4.13. The van der Waals surface area contributed by atoms with Crippen molar-refractivity contribution in [2.75, 3.05) is 13.7 Å². The van der Waals surface area contributed by atoms with E-state index in [0.29, 0.717) is 6.54 Å². The molecular weight excluding hydrogens is 238 g/mol. The third kappa shape index (κ3) is 3.48.